The summed E-state index contributed by atoms with van der Waals surface area (Å²) in [7, 11) is 0. The number of esters is 1. The molecule has 0 atom stereocenters. The number of hydrogen-bond donors (Lipinski definition) is 1. The van der Waals surface area contributed by atoms with Gasteiger partial charge in [-0.05, 0) is 66.2 Å². The Morgan fingerprint density at radius 3 is 2.47 bits per heavy atom. The highest BCUT2D eigenvalue weighted by molar-refractivity contribution is 9.10. The maximum absolute atomic E-state index is 13.3. The minimum atomic E-state index is -0.718. The number of anilines is 1. The second-order valence-corrected chi connectivity index (χ2v) is 7.02. The smallest absolute Gasteiger partial charge is 0.343 e. The van der Waals surface area contributed by atoms with E-state index in [0.29, 0.717) is 11.3 Å². The van der Waals surface area contributed by atoms with Crippen LogP contribution in [0.5, 0.6) is 5.75 Å². The van der Waals surface area contributed by atoms with Gasteiger partial charge < -0.3 is 10.1 Å². The minimum Gasteiger partial charge on any atom is -0.423 e. The first-order valence-electron chi connectivity index (χ1n) is 8.71. The molecule has 7 heteroatoms. The van der Waals surface area contributed by atoms with E-state index in [1.54, 1.807) is 42.5 Å². The topological polar surface area (TPSA) is 79.2 Å². The van der Waals surface area contributed by atoms with Crippen molar-refractivity contribution in [2.75, 3.05) is 5.32 Å². The number of amides is 1. The van der Waals surface area contributed by atoms with Gasteiger partial charge in [0.2, 0.25) is 0 Å². The van der Waals surface area contributed by atoms with Gasteiger partial charge in [-0.15, -0.1) is 0 Å². The normalized spacial score (nSPS) is 10.8. The van der Waals surface area contributed by atoms with Crippen LogP contribution in [0.4, 0.5) is 10.1 Å². The average Bonchev–Trinajstić information content (AvgIpc) is 2.74. The monoisotopic (exact) mass is 464 g/mol. The first kappa shape index (κ1) is 21.0. The lowest BCUT2D eigenvalue weighted by Gasteiger charge is -2.06. The van der Waals surface area contributed by atoms with E-state index in [1.807, 2.05) is 6.07 Å². The summed E-state index contributed by atoms with van der Waals surface area (Å²) < 4.78 is 19.4. The molecule has 0 radical (unpaired) electrons. The molecule has 0 saturated carbocycles. The molecule has 0 spiro atoms. The molecule has 1 N–H and O–H groups in total. The first-order valence-corrected chi connectivity index (χ1v) is 9.50. The number of benzene rings is 3. The largest absolute Gasteiger partial charge is 0.423 e. The van der Waals surface area contributed by atoms with Gasteiger partial charge in [-0.3, -0.25) is 4.79 Å². The van der Waals surface area contributed by atoms with Crippen molar-refractivity contribution < 1.29 is 18.7 Å². The number of nitriles is 1. The lowest BCUT2D eigenvalue weighted by atomic mass is 10.1. The number of nitrogens with zero attached hydrogens (tertiary/aromatic N) is 1. The van der Waals surface area contributed by atoms with Crippen molar-refractivity contribution >= 4 is 39.6 Å². The molecule has 0 aliphatic heterocycles. The quantitative estimate of drug-likeness (QED) is 0.238. The molecule has 3 rings (SSSR count). The summed E-state index contributed by atoms with van der Waals surface area (Å²) in [6.07, 6.45) is 1.38. The van der Waals surface area contributed by atoms with Gasteiger partial charge >= 0.3 is 5.97 Å². The van der Waals surface area contributed by atoms with Crippen LogP contribution in [0.1, 0.15) is 15.9 Å². The first-order chi connectivity index (χ1) is 14.4. The van der Waals surface area contributed by atoms with Crippen molar-refractivity contribution in [1.82, 2.24) is 0 Å². The Hall–Kier alpha value is -3.76. The van der Waals surface area contributed by atoms with E-state index in [9.17, 15) is 19.2 Å². The average molecular weight is 465 g/mol. The zero-order valence-electron chi connectivity index (χ0n) is 15.4. The van der Waals surface area contributed by atoms with Gasteiger partial charge in [0.25, 0.3) is 5.91 Å². The third-order valence-electron chi connectivity index (χ3n) is 3.91. The summed E-state index contributed by atoms with van der Waals surface area (Å²) in [5, 5.41) is 12.0. The SMILES string of the molecule is N#C/C(=C\c1cccc(OC(=O)c2cccc(F)c2)c1)C(=O)Nc1ccc(Br)cc1. The zero-order chi connectivity index (χ0) is 21.5. The summed E-state index contributed by atoms with van der Waals surface area (Å²) >= 11 is 3.31. The molecule has 5 nitrogen and oxygen atoms in total. The highest BCUT2D eigenvalue weighted by Gasteiger charge is 2.12. The maximum atomic E-state index is 13.3. The Balaban J connectivity index is 1.75. The Morgan fingerprint density at radius 2 is 1.77 bits per heavy atom. The van der Waals surface area contributed by atoms with Crippen LogP contribution in [0.15, 0.2) is 82.8 Å². The van der Waals surface area contributed by atoms with Crippen molar-refractivity contribution in [2.24, 2.45) is 0 Å². The van der Waals surface area contributed by atoms with Crippen LogP contribution in [0, 0.1) is 17.1 Å². The molecule has 0 aliphatic carbocycles. The van der Waals surface area contributed by atoms with Crippen LogP contribution < -0.4 is 10.1 Å². The summed E-state index contributed by atoms with van der Waals surface area (Å²) in [4.78, 5) is 24.5. The Bertz CT molecular complexity index is 1170. The molecular weight excluding hydrogens is 451 g/mol. The predicted octanol–water partition coefficient (Wildman–Crippen LogP) is 5.35. The Kier molecular flexibility index (Phi) is 6.73. The van der Waals surface area contributed by atoms with Gasteiger partial charge in [0.1, 0.15) is 23.2 Å². The van der Waals surface area contributed by atoms with Crippen LogP contribution in [0.25, 0.3) is 6.08 Å². The number of nitrogens with one attached hydrogen (secondary N) is 1. The maximum Gasteiger partial charge on any atom is 0.343 e. The summed E-state index contributed by atoms with van der Waals surface area (Å²) in [5.74, 6) is -1.63. The molecule has 148 valence electrons. The molecule has 0 bridgehead atoms. The molecule has 0 aliphatic rings. The molecule has 0 saturated heterocycles. The fraction of sp³-hybridized carbons (Fsp3) is 0. The molecular formula is C23H14BrFN2O3. The number of hydrogen-bond acceptors (Lipinski definition) is 4. The summed E-state index contributed by atoms with van der Waals surface area (Å²) in [5.41, 5.74) is 0.984. The van der Waals surface area contributed by atoms with Gasteiger partial charge in [0.05, 0.1) is 5.56 Å². The third-order valence-corrected chi connectivity index (χ3v) is 4.44. The zero-order valence-corrected chi connectivity index (χ0v) is 17.0. The van der Waals surface area contributed by atoms with E-state index in [0.717, 1.165) is 10.5 Å². The highest BCUT2D eigenvalue weighted by Crippen LogP contribution is 2.19. The van der Waals surface area contributed by atoms with Crippen LogP contribution >= 0.6 is 15.9 Å². The van der Waals surface area contributed by atoms with Crippen LogP contribution in [0.2, 0.25) is 0 Å². The van der Waals surface area contributed by atoms with Gasteiger partial charge in [0.15, 0.2) is 0 Å². The molecule has 3 aromatic rings. The molecule has 0 fully saturated rings. The molecule has 3 aromatic carbocycles. The Morgan fingerprint density at radius 1 is 1.03 bits per heavy atom. The summed E-state index contributed by atoms with van der Waals surface area (Å²) in [6, 6.07) is 20.3. The second-order valence-electron chi connectivity index (χ2n) is 6.10. The van der Waals surface area contributed by atoms with E-state index in [1.165, 1.54) is 30.3 Å². The third kappa shape index (κ3) is 5.63. The van der Waals surface area contributed by atoms with Crippen LogP contribution in [-0.2, 0) is 4.79 Å². The fourth-order valence-electron chi connectivity index (χ4n) is 2.50. The van der Waals surface area contributed by atoms with Crippen molar-refractivity contribution in [3.8, 4) is 11.8 Å². The standard InChI is InChI=1S/C23H14BrFN2O3/c24-18-7-9-20(10-8-18)27-22(28)17(14-26)11-15-3-1-6-21(12-15)30-23(29)16-4-2-5-19(25)13-16/h1-13H,(H,27,28)/b17-11+. The van der Waals surface area contributed by atoms with Gasteiger partial charge in [-0.1, -0.05) is 34.1 Å². The molecule has 1 amide bonds. The number of carbonyl (C=O) groups is 2. The van der Waals surface area contributed by atoms with E-state index in [4.69, 9.17) is 4.74 Å². The van der Waals surface area contributed by atoms with Crippen molar-refractivity contribution in [3.63, 3.8) is 0 Å². The van der Waals surface area contributed by atoms with E-state index >= 15 is 0 Å². The van der Waals surface area contributed by atoms with Crippen LogP contribution in [-0.4, -0.2) is 11.9 Å². The minimum absolute atomic E-state index is 0.0718. The van der Waals surface area contributed by atoms with Crippen LogP contribution in [0.3, 0.4) is 0 Å². The Labute approximate surface area is 180 Å². The van der Waals surface area contributed by atoms with E-state index in [2.05, 4.69) is 21.2 Å². The number of rotatable bonds is 5. The van der Waals surface area contributed by atoms with Gasteiger partial charge in [-0.25, -0.2) is 9.18 Å². The van der Waals surface area contributed by atoms with Gasteiger partial charge in [-0.2, -0.15) is 5.26 Å². The van der Waals surface area contributed by atoms with Crippen molar-refractivity contribution in [2.45, 2.75) is 0 Å². The molecule has 0 unspecified atom stereocenters. The second kappa shape index (κ2) is 9.63. The highest BCUT2D eigenvalue weighted by atomic mass is 79.9. The predicted molar refractivity (Wildman–Crippen MR) is 114 cm³/mol. The molecule has 30 heavy (non-hydrogen) atoms. The molecule has 0 aromatic heterocycles. The van der Waals surface area contributed by atoms with E-state index in [-0.39, 0.29) is 16.9 Å². The van der Waals surface area contributed by atoms with Crippen molar-refractivity contribution in [3.05, 3.63) is 99.8 Å². The summed E-state index contributed by atoms with van der Waals surface area (Å²) in [6.45, 7) is 0. The lowest BCUT2D eigenvalue weighted by Crippen LogP contribution is -2.13. The number of halogens is 2. The lowest BCUT2D eigenvalue weighted by molar-refractivity contribution is -0.112. The number of carbonyl (C=O) groups excluding carboxylic acids is 2. The van der Waals surface area contributed by atoms with Gasteiger partial charge in [0, 0.05) is 10.2 Å². The number of ether oxygens (including phenoxy) is 1. The fourth-order valence-corrected chi connectivity index (χ4v) is 2.76. The van der Waals surface area contributed by atoms with Crippen molar-refractivity contribution in [1.29, 1.82) is 5.26 Å². The molecule has 0 heterocycles. The van der Waals surface area contributed by atoms with E-state index < -0.39 is 17.7 Å².